The van der Waals surface area contributed by atoms with Gasteiger partial charge in [0.25, 0.3) is 0 Å². The van der Waals surface area contributed by atoms with E-state index in [1.165, 1.54) is 19.1 Å². The lowest BCUT2D eigenvalue weighted by Gasteiger charge is -2.08. The molecule has 0 atom stereocenters. The third-order valence-electron chi connectivity index (χ3n) is 2.84. The number of alkyl halides is 3. The van der Waals surface area contributed by atoms with Crippen molar-refractivity contribution in [3.63, 3.8) is 0 Å². The van der Waals surface area contributed by atoms with Crippen molar-refractivity contribution < 1.29 is 18.0 Å². The molecule has 0 saturated heterocycles. The first-order chi connectivity index (χ1) is 8.88. The number of carbonyl (C=O) groups is 1. The van der Waals surface area contributed by atoms with Crippen molar-refractivity contribution >= 4 is 5.78 Å². The van der Waals surface area contributed by atoms with E-state index in [1.54, 1.807) is 24.3 Å². The molecule has 0 aliphatic rings. The van der Waals surface area contributed by atoms with Gasteiger partial charge in [-0.3, -0.25) is 4.79 Å². The second-order valence-corrected chi connectivity index (χ2v) is 4.21. The summed E-state index contributed by atoms with van der Waals surface area (Å²) in [6.45, 7) is 1.47. The van der Waals surface area contributed by atoms with Gasteiger partial charge in [-0.1, -0.05) is 36.4 Å². The van der Waals surface area contributed by atoms with Crippen molar-refractivity contribution in [3.8, 4) is 11.1 Å². The van der Waals surface area contributed by atoms with Crippen LogP contribution in [0.4, 0.5) is 13.2 Å². The number of hydrogen-bond donors (Lipinski definition) is 0. The van der Waals surface area contributed by atoms with Crippen LogP contribution in [0.25, 0.3) is 11.1 Å². The lowest BCUT2D eigenvalue weighted by molar-refractivity contribution is -0.137. The smallest absolute Gasteiger partial charge is 0.295 e. The van der Waals surface area contributed by atoms with Crippen LogP contribution in [0.3, 0.4) is 0 Å². The van der Waals surface area contributed by atoms with Crippen LogP contribution in [0.5, 0.6) is 0 Å². The molecule has 0 fully saturated rings. The maximum Gasteiger partial charge on any atom is 0.416 e. The van der Waals surface area contributed by atoms with Crippen LogP contribution in [0.2, 0.25) is 0 Å². The number of Topliss-reactive ketones (excluding diaryl/α,β-unsaturated/α-hetero) is 1. The average Bonchev–Trinajstić information content (AvgIpc) is 2.38. The van der Waals surface area contributed by atoms with Gasteiger partial charge in [-0.05, 0) is 30.2 Å². The minimum Gasteiger partial charge on any atom is -0.295 e. The van der Waals surface area contributed by atoms with E-state index in [2.05, 4.69) is 0 Å². The highest BCUT2D eigenvalue weighted by atomic mass is 19.4. The van der Waals surface area contributed by atoms with Crippen LogP contribution in [0.1, 0.15) is 22.8 Å². The van der Waals surface area contributed by atoms with E-state index in [1.807, 2.05) is 0 Å². The second-order valence-electron chi connectivity index (χ2n) is 4.21. The molecular formula is C15H11F3O. The molecule has 0 unspecified atom stereocenters. The Morgan fingerprint density at radius 1 is 0.842 bits per heavy atom. The predicted molar refractivity (Wildman–Crippen MR) is 66.9 cm³/mol. The molecule has 98 valence electrons. The summed E-state index contributed by atoms with van der Waals surface area (Å²) >= 11 is 0. The minimum absolute atomic E-state index is 0.0426. The Bertz CT molecular complexity index is 580. The third kappa shape index (κ3) is 3.02. The summed E-state index contributed by atoms with van der Waals surface area (Å²) in [5.74, 6) is -0.0426. The van der Waals surface area contributed by atoms with Crippen LogP contribution < -0.4 is 0 Å². The summed E-state index contributed by atoms with van der Waals surface area (Å²) in [4.78, 5) is 11.1. The van der Waals surface area contributed by atoms with E-state index in [0.717, 1.165) is 17.7 Å². The third-order valence-corrected chi connectivity index (χ3v) is 2.84. The normalized spacial score (nSPS) is 11.4. The molecule has 0 N–H and O–H groups in total. The Morgan fingerprint density at radius 3 is 1.63 bits per heavy atom. The molecule has 0 heterocycles. The average molecular weight is 264 g/mol. The molecule has 0 aliphatic carbocycles. The molecule has 0 amide bonds. The molecule has 4 heteroatoms. The summed E-state index contributed by atoms with van der Waals surface area (Å²) in [7, 11) is 0. The zero-order valence-corrected chi connectivity index (χ0v) is 10.2. The van der Waals surface area contributed by atoms with Crippen molar-refractivity contribution in [2.24, 2.45) is 0 Å². The van der Waals surface area contributed by atoms with Gasteiger partial charge in [0.05, 0.1) is 5.56 Å². The summed E-state index contributed by atoms with van der Waals surface area (Å²) in [5, 5.41) is 0. The zero-order valence-electron chi connectivity index (χ0n) is 10.2. The Kier molecular flexibility index (Phi) is 3.42. The largest absolute Gasteiger partial charge is 0.416 e. The maximum absolute atomic E-state index is 12.4. The molecule has 0 aromatic heterocycles. The van der Waals surface area contributed by atoms with Gasteiger partial charge in [0.1, 0.15) is 0 Å². The van der Waals surface area contributed by atoms with Gasteiger partial charge in [0, 0.05) is 5.56 Å². The number of hydrogen-bond acceptors (Lipinski definition) is 1. The van der Waals surface area contributed by atoms with Crippen LogP contribution in [-0.4, -0.2) is 5.78 Å². The molecule has 1 nitrogen and oxygen atoms in total. The van der Waals surface area contributed by atoms with Gasteiger partial charge in [0.2, 0.25) is 0 Å². The van der Waals surface area contributed by atoms with Crippen LogP contribution in [0.15, 0.2) is 48.5 Å². The molecule has 2 rings (SSSR count). The van der Waals surface area contributed by atoms with Gasteiger partial charge in [0.15, 0.2) is 5.78 Å². The molecule has 0 saturated carbocycles. The number of carbonyl (C=O) groups excluding carboxylic acids is 1. The van der Waals surface area contributed by atoms with E-state index < -0.39 is 11.7 Å². The van der Waals surface area contributed by atoms with Crippen molar-refractivity contribution in [2.75, 3.05) is 0 Å². The van der Waals surface area contributed by atoms with Crippen LogP contribution in [0, 0.1) is 0 Å². The highest BCUT2D eigenvalue weighted by Crippen LogP contribution is 2.30. The second kappa shape index (κ2) is 4.88. The topological polar surface area (TPSA) is 17.1 Å². The van der Waals surface area contributed by atoms with Gasteiger partial charge in [-0.2, -0.15) is 13.2 Å². The van der Waals surface area contributed by atoms with Crippen molar-refractivity contribution in [1.82, 2.24) is 0 Å². The van der Waals surface area contributed by atoms with E-state index in [4.69, 9.17) is 0 Å². The lowest BCUT2D eigenvalue weighted by atomic mass is 10.0. The van der Waals surface area contributed by atoms with Crippen molar-refractivity contribution in [3.05, 3.63) is 59.7 Å². The quantitative estimate of drug-likeness (QED) is 0.726. The van der Waals surface area contributed by atoms with Gasteiger partial charge in [-0.25, -0.2) is 0 Å². The summed E-state index contributed by atoms with van der Waals surface area (Å²) in [6, 6.07) is 11.7. The number of rotatable bonds is 2. The van der Waals surface area contributed by atoms with Gasteiger partial charge < -0.3 is 0 Å². The van der Waals surface area contributed by atoms with Crippen LogP contribution >= 0.6 is 0 Å². The minimum atomic E-state index is -4.32. The highest BCUT2D eigenvalue weighted by molar-refractivity contribution is 5.94. The van der Waals surface area contributed by atoms with Crippen LogP contribution in [-0.2, 0) is 6.18 Å². The highest BCUT2D eigenvalue weighted by Gasteiger charge is 2.29. The van der Waals surface area contributed by atoms with E-state index in [0.29, 0.717) is 11.1 Å². The van der Waals surface area contributed by atoms with E-state index in [-0.39, 0.29) is 5.78 Å². The van der Waals surface area contributed by atoms with Crippen molar-refractivity contribution in [1.29, 1.82) is 0 Å². The molecular weight excluding hydrogens is 253 g/mol. The predicted octanol–water partition coefficient (Wildman–Crippen LogP) is 4.58. The first-order valence-corrected chi connectivity index (χ1v) is 5.66. The summed E-state index contributed by atoms with van der Waals surface area (Å²) < 4.78 is 37.3. The molecule has 0 bridgehead atoms. The fraction of sp³-hybridized carbons (Fsp3) is 0.133. The lowest BCUT2D eigenvalue weighted by Crippen LogP contribution is -2.03. The van der Waals surface area contributed by atoms with E-state index >= 15 is 0 Å². The maximum atomic E-state index is 12.4. The van der Waals surface area contributed by atoms with E-state index in [9.17, 15) is 18.0 Å². The van der Waals surface area contributed by atoms with Crippen molar-refractivity contribution in [2.45, 2.75) is 13.1 Å². The molecule has 19 heavy (non-hydrogen) atoms. The fourth-order valence-corrected chi connectivity index (χ4v) is 1.75. The first kappa shape index (κ1) is 13.3. The number of benzene rings is 2. The Morgan fingerprint density at radius 2 is 1.26 bits per heavy atom. The number of halogens is 3. The van der Waals surface area contributed by atoms with Gasteiger partial charge >= 0.3 is 6.18 Å². The Labute approximate surface area is 108 Å². The molecule has 0 aliphatic heterocycles. The molecule has 2 aromatic carbocycles. The standard InChI is InChI=1S/C15H11F3O/c1-10(19)11-2-4-12(5-3-11)13-6-8-14(9-7-13)15(16,17)18/h2-9H,1H3. The summed E-state index contributed by atoms with van der Waals surface area (Å²) in [6.07, 6.45) is -4.32. The number of ketones is 1. The molecule has 2 aromatic rings. The zero-order chi connectivity index (χ0) is 14.0. The molecule has 0 spiro atoms. The Balaban J connectivity index is 2.30. The monoisotopic (exact) mass is 264 g/mol. The Hall–Kier alpha value is -2.10. The molecule has 0 radical (unpaired) electrons. The summed E-state index contributed by atoms with van der Waals surface area (Å²) in [5.41, 5.74) is 1.37. The van der Waals surface area contributed by atoms with Gasteiger partial charge in [-0.15, -0.1) is 0 Å². The fourth-order valence-electron chi connectivity index (χ4n) is 1.75. The first-order valence-electron chi connectivity index (χ1n) is 5.66. The SMILES string of the molecule is CC(=O)c1ccc(-c2ccc(C(F)(F)F)cc2)cc1.